The summed E-state index contributed by atoms with van der Waals surface area (Å²) in [6.07, 6.45) is 9.41. The normalized spacial score (nSPS) is 17.1. The first-order valence-corrected chi connectivity index (χ1v) is 6.67. The van der Waals surface area contributed by atoms with E-state index >= 15 is 0 Å². The highest BCUT2D eigenvalue weighted by Crippen LogP contribution is 2.37. The van der Waals surface area contributed by atoms with Gasteiger partial charge >= 0.3 is 0 Å². The van der Waals surface area contributed by atoms with Crippen LogP contribution in [0.1, 0.15) is 37.2 Å². The van der Waals surface area contributed by atoms with Crippen molar-refractivity contribution in [3.8, 4) is 0 Å². The van der Waals surface area contributed by atoms with Crippen LogP contribution in [0.25, 0.3) is 10.8 Å². The SMILES string of the molecule is Brc1ccc2cncc(C3CCCC3)c2c1. The van der Waals surface area contributed by atoms with E-state index in [1.54, 1.807) is 0 Å². The van der Waals surface area contributed by atoms with Gasteiger partial charge in [0.2, 0.25) is 0 Å². The lowest BCUT2D eigenvalue weighted by Gasteiger charge is -2.12. The lowest BCUT2D eigenvalue weighted by molar-refractivity contribution is 0.726. The molecule has 1 saturated carbocycles. The number of aromatic nitrogens is 1. The molecule has 3 rings (SSSR count). The van der Waals surface area contributed by atoms with Crippen LogP contribution >= 0.6 is 15.9 Å². The molecule has 82 valence electrons. The topological polar surface area (TPSA) is 12.9 Å². The molecule has 0 unspecified atom stereocenters. The molecule has 2 heteroatoms. The monoisotopic (exact) mass is 275 g/mol. The highest BCUT2D eigenvalue weighted by molar-refractivity contribution is 9.10. The summed E-state index contributed by atoms with van der Waals surface area (Å²) in [6.45, 7) is 0. The van der Waals surface area contributed by atoms with E-state index in [0.717, 1.165) is 10.4 Å². The zero-order valence-electron chi connectivity index (χ0n) is 9.12. The van der Waals surface area contributed by atoms with Crippen LogP contribution in [0.2, 0.25) is 0 Å². The molecule has 1 nitrogen and oxygen atoms in total. The molecule has 0 amide bonds. The van der Waals surface area contributed by atoms with E-state index in [9.17, 15) is 0 Å². The number of halogens is 1. The van der Waals surface area contributed by atoms with Gasteiger partial charge in [-0.3, -0.25) is 4.98 Å². The Kier molecular flexibility index (Phi) is 2.68. The van der Waals surface area contributed by atoms with Gasteiger partial charge in [0.05, 0.1) is 0 Å². The second kappa shape index (κ2) is 4.17. The smallest absolute Gasteiger partial charge is 0.0346 e. The van der Waals surface area contributed by atoms with Crippen LogP contribution in [0.5, 0.6) is 0 Å². The zero-order chi connectivity index (χ0) is 11.0. The number of benzene rings is 1. The van der Waals surface area contributed by atoms with Crippen molar-refractivity contribution in [2.75, 3.05) is 0 Å². The second-order valence-electron chi connectivity index (χ2n) is 4.58. The van der Waals surface area contributed by atoms with E-state index in [1.165, 1.54) is 42.0 Å². The molecule has 2 aromatic rings. The van der Waals surface area contributed by atoms with Crippen LogP contribution in [0.3, 0.4) is 0 Å². The lowest BCUT2D eigenvalue weighted by atomic mass is 9.94. The molecule has 1 aromatic heterocycles. The molecule has 0 radical (unpaired) electrons. The number of hydrogen-bond acceptors (Lipinski definition) is 1. The van der Waals surface area contributed by atoms with E-state index in [2.05, 4.69) is 45.3 Å². The van der Waals surface area contributed by atoms with Gasteiger partial charge < -0.3 is 0 Å². The number of hydrogen-bond donors (Lipinski definition) is 0. The van der Waals surface area contributed by atoms with E-state index in [-0.39, 0.29) is 0 Å². The highest BCUT2D eigenvalue weighted by Gasteiger charge is 2.19. The van der Waals surface area contributed by atoms with Crippen molar-refractivity contribution < 1.29 is 0 Å². The van der Waals surface area contributed by atoms with Gasteiger partial charge in [-0.25, -0.2) is 0 Å². The van der Waals surface area contributed by atoms with Crippen LogP contribution in [0, 0.1) is 0 Å². The first-order chi connectivity index (χ1) is 7.84. The molecule has 1 aliphatic carbocycles. The molecule has 16 heavy (non-hydrogen) atoms. The van der Waals surface area contributed by atoms with Crippen LogP contribution in [-0.2, 0) is 0 Å². The molecule has 0 saturated heterocycles. The maximum absolute atomic E-state index is 4.37. The predicted molar refractivity (Wildman–Crippen MR) is 70.7 cm³/mol. The third-order valence-corrected chi connectivity index (χ3v) is 4.04. The van der Waals surface area contributed by atoms with Crippen molar-refractivity contribution in [2.24, 2.45) is 0 Å². The number of nitrogens with zero attached hydrogens (tertiary/aromatic N) is 1. The summed E-state index contributed by atoms with van der Waals surface area (Å²) in [7, 11) is 0. The molecule has 1 heterocycles. The molecule has 0 atom stereocenters. The minimum absolute atomic E-state index is 0.727. The molecule has 1 fully saturated rings. The van der Waals surface area contributed by atoms with Crippen molar-refractivity contribution >= 4 is 26.7 Å². The number of fused-ring (bicyclic) bond motifs is 1. The lowest BCUT2D eigenvalue weighted by Crippen LogP contribution is -1.94. The van der Waals surface area contributed by atoms with Gasteiger partial charge in [0.1, 0.15) is 0 Å². The van der Waals surface area contributed by atoms with Crippen LogP contribution in [0.15, 0.2) is 35.1 Å². The van der Waals surface area contributed by atoms with Gasteiger partial charge in [0.25, 0.3) is 0 Å². The van der Waals surface area contributed by atoms with Crippen molar-refractivity contribution in [1.82, 2.24) is 4.98 Å². The van der Waals surface area contributed by atoms with E-state index in [1.807, 2.05) is 6.20 Å². The van der Waals surface area contributed by atoms with Gasteiger partial charge in [-0.1, -0.05) is 34.8 Å². The first kappa shape index (κ1) is 10.3. The van der Waals surface area contributed by atoms with Gasteiger partial charge in [0.15, 0.2) is 0 Å². The molecule has 1 aromatic carbocycles. The Morgan fingerprint density at radius 3 is 2.75 bits per heavy atom. The fourth-order valence-electron chi connectivity index (χ4n) is 2.72. The van der Waals surface area contributed by atoms with Crippen molar-refractivity contribution in [2.45, 2.75) is 31.6 Å². The number of rotatable bonds is 1. The molecule has 1 aliphatic rings. The van der Waals surface area contributed by atoms with Crippen molar-refractivity contribution in [1.29, 1.82) is 0 Å². The Morgan fingerprint density at radius 1 is 1.12 bits per heavy atom. The molecule has 0 spiro atoms. The maximum Gasteiger partial charge on any atom is 0.0346 e. The third kappa shape index (κ3) is 1.75. The first-order valence-electron chi connectivity index (χ1n) is 5.88. The Labute approximate surface area is 104 Å². The van der Waals surface area contributed by atoms with Crippen LogP contribution < -0.4 is 0 Å². The summed E-state index contributed by atoms with van der Waals surface area (Å²) in [4.78, 5) is 4.37. The van der Waals surface area contributed by atoms with E-state index in [0.29, 0.717) is 0 Å². The molecule has 0 aliphatic heterocycles. The third-order valence-electron chi connectivity index (χ3n) is 3.55. The largest absolute Gasteiger partial charge is 0.264 e. The minimum atomic E-state index is 0.727. The Balaban J connectivity index is 2.18. The Morgan fingerprint density at radius 2 is 1.94 bits per heavy atom. The molecular formula is C14H14BrN. The summed E-state index contributed by atoms with van der Waals surface area (Å²) in [6, 6.07) is 6.46. The zero-order valence-corrected chi connectivity index (χ0v) is 10.7. The van der Waals surface area contributed by atoms with Crippen molar-refractivity contribution in [3.63, 3.8) is 0 Å². The average molecular weight is 276 g/mol. The van der Waals surface area contributed by atoms with Gasteiger partial charge in [0, 0.05) is 22.3 Å². The number of pyridine rings is 1. The van der Waals surface area contributed by atoms with E-state index < -0.39 is 0 Å². The summed E-state index contributed by atoms with van der Waals surface area (Å²) < 4.78 is 1.16. The standard InChI is InChI=1S/C14H14BrN/c15-12-6-5-11-8-16-9-14(13(11)7-12)10-3-1-2-4-10/h5-10H,1-4H2. The van der Waals surface area contributed by atoms with Gasteiger partial charge in [-0.15, -0.1) is 0 Å². The highest BCUT2D eigenvalue weighted by atomic mass is 79.9. The molecule has 0 bridgehead atoms. The fraction of sp³-hybridized carbons (Fsp3) is 0.357. The summed E-state index contributed by atoms with van der Waals surface area (Å²) in [5.41, 5.74) is 1.44. The summed E-state index contributed by atoms with van der Waals surface area (Å²) in [5.74, 6) is 0.727. The quantitative estimate of drug-likeness (QED) is 0.738. The van der Waals surface area contributed by atoms with E-state index in [4.69, 9.17) is 0 Å². The second-order valence-corrected chi connectivity index (χ2v) is 5.49. The Bertz CT molecular complexity index is 515. The predicted octanol–water partition coefficient (Wildman–Crippen LogP) is 4.65. The maximum atomic E-state index is 4.37. The minimum Gasteiger partial charge on any atom is -0.264 e. The summed E-state index contributed by atoms with van der Waals surface area (Å²) in [5, 5.41) is 2.63. The average Bonchev–Trinajstić information content (AvgIpc) is 2.81. The van der Waals surface area contributed by atoms with Crippen LogP contribution in [0.4, 0.5) is 0 Å². The van der Waals surface area contributed by atoms with Crippen molar-refractivity contribution in [3.05, 3.63) is 40.6 Å². The molecular weight excluding hydrogens is 262 g/mol. The van der Waals surface area contributed by atoms with Gasteiger partial charge in [-0.2, -0.15) is 0 Å². The fourth-order valence-corrected chi connectivity index (χ4v) is 3.08. The molecule has 0 N–H and O–H groups in total. The van der Waals surface area contributed by atoms with Crippen LogP contribution in [-0.4, -0.2) is 4.98 Å². The Hall–Kier alpha value is -0.890. The van der Waals surface area contributed by atoms with Gasteiger partial charge in [-0.05, 0) is 41.8 Å². The summed E-state index contributed by atoms with van der Waals surface area (Å²) >= 11 is 3.55.